The highest BCUT2D eigenvalue weighted by Gasteiger charge is 2.39. The minimum atomic E-state index is -5.03. The molecular weight excluding hydrogens is 588 g/mol. The number of rotatable bonds is 7. The van der Waals surface area contributed by atoms with Gasteiger partial charge in [0.1, 0.15) is 0 Å². The van der Waals surface area contributed by atoms with E-state index in [-0.39, 0.29) is 12.6 Å². The Morgan fingerprint density at radius 2 is 1.40 bits per heavy atom. The first-order valence-corrected chi connectivity index (χ1v) is 15.4. The highest BCUT2D eigenvalue weighted by atomic mass is 32.2. The molecule has 0 aromatic heterocycles. The molecule has 3 aromatic carbocycles. The molecule has 0 saturated carbocycles. The van der Waals surface area contributed by atoms with Crippen LogP contribution in [0.5, 0.6) is 0 Å². The molecule has 0 bridgehead atoms. The van der Waals surface area contributed by atoms with Crippen LogP contribution in [0.2, 0.25) is 0 Å². The summed E-state index contributed by atoms with van der Waals surface area (Å²) < 4.78 is 81.3. The van der Waals surface area contributed by atoms with Crippen molar-refractivity contribution in [3.63, 3.8) is 0 Å². The van der Waals surface area contributed by atoms with Crippen molar-refractivity contribution >= 4 is 28.4 Å². The molecule has 11 heteroatoms. The lowest BCUT2D eigenvalue weighted by atomic mass is 9.97. The fraction of sp³-hybridized carbons (Fsp3) is 0.406. The first kappa shape index (κ1) is 31.4. The molecule has 1 amide bonds. The zero-order chi connectivity index (χ0) is 30.6. The maximum absolute atomic E-state index is 13.7. The van der Waals surface area contributed by atoms with E-state index in [1.54, 1.807) is 0 Å². The van der Waals surface area contributed by atoms with Crippen LogP contribution in [0.3, 0.4) is 0 Å². The summed E-state index contributed by atoms with van der Waals surface area (Å²) >= 11 is 1.95. The molecule has 2 aliphatic heterocycles. The van der Waals surface area contributed by atoms with Gasteiger partial charge in [0.05, 0.1) is 11.1 Å². The second kappa shape index (κ2) is 13.3. The third-order valence-corrected chi connectivity index (χ3v) is 8.89. The SMILES string of the molecule is O=C(c1cc(C(F)(F)F)cc(C(F)(F)F)c1)N1CCN(CC=CCN2CCSCC2)C[C@H]1Cc1ccc2ccccc2c1. The van der Waals surface area contributed by atoms with E-state index in [0.717, 1.165) is 47.5 Å². The molecule has 2 fully saturated rings. The van der Waals surface area contributed by atoms with Gasteiger partial charge in [-0.05, 0) is 41.0 Å². The third kappa shape index (κ3) is 8.13. The van der Waals surface area contributed by atoms with Crippen molar-refractivity contribution in [1.29, 1.82) is 0 Å². The molecule has 0 N–H and O–H groups in total. The lowest BCUT2D eigenvalue weighted by Crippen LogP contribution is -2.56. The standard InChI is InChI=1S/C32H33F6N3OS/c33-31(34,35)27-19-26(20-28(21-27)32(36,37)38)30(42)41-12-11-40(10-4-3-9-39-13-15-43-16-14-39)22-29(41)18-23-7-8-24-5-1-2-6-25(24)17-23/h1-8,17,19-21,29H,9-16,18,22H2/t29-/m1/s1. The van der Waals surface area contributed by atoms with E-state index in [0.29, 0.717) is 38.2 Å². The highest BCUT2D eigenvalue weighted by molar-refractivity contribution is 7.99. The Balaban J connectivity index is 1.38. The Labute approximate surface area is 251 Å². The molecule has 0 spiro atoms. The lowest BCUT2D eigenvalue weighted by molar-refractivity contribution is -0.143. The van der Waals surface area contributed by atoms with Gasteiger partial charge in [-0.2, -0.15) is 38.1 Å². The Morgan fingerprint density at radius 1 is 0.767 bits per heavy atom. The quantitative estimate of drug-likeness (QED) is 0.213. The molecule has 0 radical (unpaired) electrons. The molecule has 0 aliphatic carbocycles. The number of piperazine rings is 1. The van der Waals surface area contributed by atoms with Crippen LogP contribution in [-0.4, -0.2) is 84.0 Å². The third-order valence-electron chi connectivity index (χ3n) is 7.95. The monoisotopic (exact) mass is 621 g/mol. The van der Waals surface area contributed by atoms with Gasteiger partial charge in [0, 0.05) is 68.9 Å². The van der Waals surface area contributed by atoms with Gasteiger partial charge in [0.2, 0.25) is 0 Å². The van der Waals surface area contributed by atoms with Crippen LogP contribution in [0, 0.1) is 0 Å². The Morgan fingerprint density at radius 3 is 2.05 bits per heavy atom. The summed E-state index contributed by atoms with van der Waals surface area (Å²) in [5.41, 5.74) is -2.67. The number of alkyl halides is 6. The van der Waals surface area contributed by atoms with Crippen LogP contribution in [0.25, 0.3) is 10.8 Å². The predicted octanol–water partition coefficient (Wildman–Crippen LogP) is 6.85. The van der Waals surface area contributed by atoms with Crippen LogP contribution in [-0.2, 0) is 18.8 Å². The van der Waals surface area contributed by atoms with Gasteiger partial charge in [-0.15, -0.1) is 0 Å². The molecule has 2 aliphatic rings. The first-order valence-electron chi connectivity index (χ1n) is 14.2. The van der Waals surface area contributed by atoms with Gasteiger partial charge >= 0.3 is 12.4 Å². The normalized spacial score (nSPS) is 19.4. The van der Waals surface area contributed by atoms with E-state index in [4.69, 9.17) is 0 Å². The molecule has 5 rings (SSSR count). The molecule has 3 aromatic rings. The van der Waals surface area contributed by atoms with Crippen molar-refractivity contribution < 1.29 is 31.1 Å². The number of halogens is 6. The van der Waals surface area contributed by atoms with E-state index >= 15 is 0 Å². The molecule has 2 heterocycles. The average molecular weight is 622 g/mol. The van der Waals surface area contributed by atoms with Crippen molar-refractivity contribution in [1.82, 2.24) is 14.7 Å². The molecule has 43 heavy (non-hydrogen) atoms. The summed E-state index contributed by atoms with van der Waals surface area (Å²) in [4.78, 5) is 19.7. The van der Waals surface area contributed by atoms with E-state index in [1.807, 2.05) is 54.2 Å². The summed E-state index contributed by atoms with van der Waals surface area (Å²) in [6.07, 6.45) is -5.42. The number of amides is 1. The number of thioether (sulfide) groups is 1. The van der Waals surface area contributed by atoms with Gasteiger partial charge in [0.15, 0.2) is 0 Å². The largest absolute Gasteiger partial charge is 0.416 e. The molecule has 2 saturated heterocycles. The number of hydrogen-bond donors (Lipinski definition) is 0. The maximum atomic E-state index is 13.7. The van der Waals surface area contributed by atoms with Crippen molar-refractivity contribution in [3.05, 3.63) is 95.1 Å². The Bertz CT molecular complexity index is 1420. The van der Waals surface area contributed by atoms with Gasteiger partial charge in [0.25, 0.3) is 5.91 Å². The maximum Gasteiger partial charge on any atom is 0.416 e. The summed E-state index contributed by atoms with van der Waals surface area (Å²) in [7, 11) is 0. The Hall–Kier alpha value is -3.02. The smallest absolute Gasteiger partial charge is 0.333 e. The second-order valence-electron chi connectivity index (χ2n) is 11.0. The number of carbonyl (C=O) groups excluding carboxylic acids is 1. The number of hydrogen-bond acceptors (Lipinski definition) is 4. The first-order chi connectivity index (χ1) is 20.5. The van der Waals surface area contributed by atoms with Crippen LogP contribution in [0.1, 0.15) is 27.0 Å². The van der Waals surface area contributed by atoms with Gasteiger partial charge in [-0.25, -0.2) is 0 Å². The van der Waals surface area contributed by atoms with Crippen LogP contribution >= 0.6 is 11.8 Å². The van der Waals surface area contributed by atoms with E-state index in [1.165, 1.54) is 4.90 Å². The number of benzene rings is 3. The second-order valence-corrected chi connectivity index (χ2v) is 12.2. The number of nitrogens with zero attached hydrogens (tertiary/aromatic N) is 3. The van der Waals surface area contributed by atoms with Crippen LogP contribution < -0.4 is 0 Å². The lowest BCUT2D eigenvalue weighted by Gasteiger charge is -2.41. The molecular formula is C32H33F6N3OS. The summed E-state index contributed by atoms with van der Waals surface area (Å²) in [5.74, 6) is 1.41. The Kier molecular flexibility index (Phi) is 9.73. The molecule has 1 atom stereocenters. The zero-order valence-electron chi connectivity index (χ0n) is 23.5. The van der Waals surface area contributed by atoms with Crippen molar-refractivity contribution in [2.45, 2.75) is 24.8 Å². The van der Waals surface area contributed by atoms with Gasteiger partial charge in [-0.3, -0.25) is 14.6 Å². The van der Waals surface area contributed by atoms with E-state index in [9.17, 15) is 31.1 Å². The zero-order valence-corrected chi connectivity index (χ0v) is 24.3. The molecule has 0 unspecified atom stereocenters. The van der Waals surface area contributed by atoms with Crippen LogP contribution in [0.4, 0.5) is 26.3 Å². The fourth-order valence-corrected chi connectivity index (χ4v) is 6.62. The molecule has 4 nitrogen and oxygen atoms in total. The predicted molar refractivity (Wildman–Crippen MR) is 158 cm³/mol. The topological polar surface area (TPSA) is 26.8 Å². The average Bonchev–Trinajstić information content (AvgIpc) is 2.98. The van der Waals surface area contributed by atoms with E-state index in [2.05, 4.69) is 22.0 Å². The number of carbonyl (C=O) groups is 1. The number of fused-ring (bicyclic) bond motifs is 1. The van der Waals surface area contributed by atoms with E-state index < -0.39 is 41.0 Å². The van der Waals surface area contributed by atoms with Crippen molar-refractivity contribution in [3.8, 4) is 0 Å². The summed E-state index contributed by atoms with van der Waals surface area (Å²) in [6.45, 7) is 4.68. The molecule has 230 valence electrons. The van der Waals surface area contributed by atoms with Gasteiger partial charge < -0.3 is 4.90 Å². The van der Waals surface area contributed by atoms with Crippen molar-refractivity contribution in [2.24, 2.45) is 0 Å². The highest BCUT2D eigenvalue weighted by Crippen LogP contribution is 2.37. The minimum absolute atomic E-state index is 0.0519. The summed E-state index contributed by atoms with van der Waals surface area (Å²) in [5, 5.41) is 2.06. The minimum Gasteiger partial charge on any atom is -0.333 e. The van der Waals surface area contributed by atoms with Gasteiger partial charge in [-0.1, -0.05) is 54.6 Å². The van der Waals surface area contributed by atoms with Crippen molar-refractivity contribution in [2.75, 3.05) is 57.3 Å². The summed E-state index contributed by atoms with van der Waals surface area (Å²) in [6, 6.07) is 14.4. The fourth-order valence-electron chi connectivity index (χ4n) is 5.64. The van der Waals surface area contributed by atoms with Crippen LogP contribution in [0.15, 0.2) is 72.8 Å².